The molecule has 0 aliphatic carbocycles. The van der Waals surface area contributed by atoms with Gasteiger partial charge in [-0.15, -0.1) is 11.3 Å². The van der Waals surface area contributed by atoms with Gasteiger partial charge in [-0.25, -0.2) is 4.98 Å². The van der Waals surface area contributed by atoms with E-state index < -0.39 is 0 Å². The van der Waals surface area contributed by atoms with Gasteiger partial charge in [-0.3, -0.25) is 0 Å². The number of rotatable bonds is 3. The van der Waals surface area contributed by atoms with Gasteiger partial charge in [-0.1, -0.05) is 12.7 Å². The topological polar surface area (TPSA) is 35.0 Å². The molecule has 2 heterocycles. The van der Waals surface area contributed by atoms with E-state index in [9.17, 15) is 0 Å². The lowest BCUT2D eigenvalue weighted by molar-refractivity contribution is 0.353. The van der Waals surface area contributed by atoms with Crippen LogP contribution in [0.3, 0.4) is 0 Å². The number of ether oxygens (including phenoxy) is 1. The van der Waals surface area contributed by atoms with Crippen LogP contribution in [0.1, 0.15) is 4.88 Å². The second-order valence-corrected chi connectivity index (χ2v) is 4.55. The highest BCUT2D eigenvalue weighted by molar-refractivity contribution is 7.18. The van der Waals surface area contributed by atoms with Crippen molar-refractivity contribution in [3.8, 4) is 5.88 Å². The molecule has 0 unspecified atom stereocenters. The summed E-state index contributed by atoms with van der Waals surface area (Å²) < 4.78 is 5.42. The normalized spacial score (nSPS) is 10.5. The van der Waals surface area contributed by atoms with Crippen molar-refractivity contribution in [1.29, 1.82) is 0 Å². The molecule has 0 spiro atoms. The minimum Gasteiger partial charge on any atom is -0.473 e. The maximum atomic E-state index is 5.79. The lowest BCUT2D eigenvalue weighted by atomic mass is 10.3. The summed E-state index contributed by atoms with van der Waals surface area (Å²) in [4.78, 5) is 10.2. The van der Waals surface area contributed by atoms with Crippen LogP contribution >= 0.6 is 22.9 Å². The molecule has 0 saturated carbocycles. The first-order chi connectivity index (χ1) is 7.20. The van der Waals surface area contributed by atoms with Crippen molar-refractivity contribution in [2.24, 2.45) is 0 Å². The Labute approximate surface area is 96.4 Å². The van der Waals surface area contributed by atoms with E-state index in [0.717, 1.165) is 15.1 Å². The van der Waals surface area contributed by atoms with Gasteiger partial charge in [0.05, 0.1) is 5.39 Å². The molecule has 0 atom stereocenters. The molecule has 5 heteroatoms. The third-order valence-corrected chi connectivity index (χ3v) is 2.90. The first kappa shape index (κ1) is 10.4. The summed E-state index contributed by atoms with van der Waals surface area (Å²) in [7, 11) is 0. The first-order valence-corrected chi connectivity index (χ1v) is 5.57. The van der Waals surface area contributed by atoms with Gasteiger partial charge in [0.25, 0.3) is 0 Å². The molecule has 0 N–H and O–H groups in total. The van der Waals surface area contributed by atoms with Crippen LogP contribution in [0, 0.1) is 6.92 Å². The third kappa shape index (κ3) is 2.11. The molecule has 0 aliphatic heterocycles. The molecule has 0 aliphatic rings. The standard InChI is InChI=1S/C10H9ClN2OS/c1-3-4-14-8-7-5-6(2)15-9(7)13-10(11)12-8/h3,5H,1,4H2,2H3. The predicted octanol–water partition coefficient (Wildman–Crippen LogP) is 3.22. The van der Waals surface area contributed by atoms with Crippen LogP contribution in [-0.2, 0) is 0 Å². The van der Waals surface area contributed by atoms with Gasteiger partial charge in [-0.05, 0) is 24.6 Å². The highest BCUT2D eigenvalue weighted by Crippen LogP contribution is 2.30. The first-order valence-electron chi connectivity index (χ1n) is 4.38. The van der Waals surface area contributed by atoms with E-state index in [0.29, 0.717) is 12.5 Å². The maximum absolute atomic E-state index is 5.79. The minimum absolute atomic E-state index is 0.211. The number of aromatic nitrogens is 2. The van der Waals surface area contributed by atoms with Gasteiger partial charge in [0.15, 0.2) is 0 Å². The van der Waals surface area contributed by atoms with Crippen LogP contribution in [-0.4, -0.2) is 16.6 Å². The predicted molar refractivity (Wildman–Crippen MR) is 62.9 cm³/mol. The molecule has 2 rings (SSSR count). The van der Waals surface area contributed by atoms with Gasteiger partial charge >= 0.3 is 0 Å². The Hall–Kier alpha value is -1.13. The molecule has 3 nitrogen and oxygen atoms in total. The van der Waals surface area contributed by atoms with E-state index in [1.54, 1.807) is 17.4 Å². The second kappa shape index (κ2) is 4.16. The smallest absolute Gasteiger partial charge is 0.227 e. The molecule has 0 aromatic carbocycles. The molecule has 0 radical (unpaired) electrons. The maximum Gasteiger partial charge on any atom is 0.227 e. The number of thiophene rings is 1. The van der Waals surface area contributed by atoms with Gasteiger partial charge < -0.3 is 4.74 Å². The molecule has 2 aromatic rings. The van der Waals surface area contributed by atoms with E-state index in [1.807, 2.05) is 13.0 Å². The van der Waals surface area contributed by atoms with Crippen molar-refractivity contribution in [3.05, 3.63) is 28.9 Å². The lowest BCUT2D eigenvalue weighted by Gasteiger charge is -2.02. The molecule has 0 amide bonds. The third-order valence-electron chi connectivity index (χ3n) is 1.79. The number of nitrogens with zero attached hydrogens (tertiary/aromatic N) is 2. The zero-order chi connectivity index (χ0) is 10.8. The fourth-order valence-electron chi connectivity index (χ4n) is 1.24. The summed E-state index contributed by atoms with van der Waals surface area (Å²) in [5.41, 5.74) is 0. The SMILES string of the molecule is C=CCOc1nc(Cl)nc2sc(C)cc12. The van der Waals surface area contributed by atoms with Crippen LogP contribution in [0.15, 0.2) is 18.7 Å². The van der Waals surface area contributed by atoms with Crippen molar-refractivity contribution < 1.29 is 4.74 Å². The van der Waals surface area contributed by atoms with E-state index in [-0.39, 0.29) is 5.28 Å². The number of hydrogen-bond acceptors (Lipinski definition) is 4. The average Bonchev–Trinajstić information content (AvgIpc) is 2.54. The highest BCUT2D eigenvalue weighted by Gasteiger charge is 2.10. The van der Waals surface area contributed by atoms with Crippen molar-refractivity contribution in [1.82, 2.24) is 9.97 Å². The van der Waals surface area contributed by atoms with E-state index in [1.165, 1.54) is 0 Å². The van der Waals surface area contributed by atoms with Gasteiger partial charge in [-0.2, -0.15) is 4.98 Å². The van der Waals surface area contributed by atoms with Crippen molar-refractivity contribution in [2.75, 3.05) is 6.61 Å². The Kier molecular flexibility index (Phi) is 2.88. The Morgan fingerprint density at radius 1 is 1.60 bits per heavy atom. The summed E-state index contributed by atoms with van der Waals surface area (Å²) in [5, 5.41) is 1.12. The molecule has 15 heavy (non-hydrogen) atoms. The Bertz CT molecular complexity index is 509. The molecular formula is C10H9ClN2OS. The van der Waals surface area contributed by atoms with Crippen LogP contribution in [0.4, 0.5) is 0 Å². The largest absolute Gasteiger partial charge is 0.473 e. The van der Waals surface area contributed by atoms with Crippen molar-refractivity contribution in [2.45, 2.75) is 6.92 Å². The van der Waals surface area contributed by atoms with Gasteiger partial charge in [0.1, 0.15) is 11.4 Å². The lowest BCUT2D eigenvalue weighted by Crippen LogP contribution is -1.96. The van der Waals surface area contributed by atoms with Crippen LogP contribution in [0.25, 0.3) is 10.2 Å². The summed E-state index contributed by atoms with van der Waals surface area (Å²) in [6.07, 6.45) is 1.67. The number of hydrogen-bond donors (Lipinski definition) is 0. The van der Waals surface area contributed by atoms with E-state index in [2.05, 4.69) is 16.5 Å². The van der Waals surface area contributed by atoms with Crippen molar-refractivity contribution >= 4 is 33.2 Å². The van der Waals surface area contributed by atoms with Crippen LogP contribution in [0.2, 0.25) is 5.28 Å². The molecule has 2 aromatic heterocycles. The van der Waals surface area contributed by atoms with E-state index in [4.69, 9.17) is 16.3 Å². The average molecular weight is 241 g/mol. The summed E-state index contributed by atoms with van der Waals surface area (Å²) >= 11 is 7.36. The quantitative estimate of drug-likeness (QED) is 0.610. The zero-order valence-electron chi connectivity index (χ0n) is 8.16. The zero-order valence-corrected chi connectivity index (χ0v) is 9.73. The molecule has 0 fully saturated rings. The summed E-state index contributed by atoms with van der Waals surface area (Å²) in [6, 6.07) is 1.99. The fraction of sp³-hybridized carbons (Fsp3) is 0.200. The fourth-order valence-corrected chi connectivity index (χ4v) is 2.32. The van der Waals surface area contributed by atoms with Crippen molar-refractivity contribution in [3.63, 3.8) is 0 Å². The Balaban J connectivity index is 2.54. The number of fused-ring (bicyclic) bond motifs is 1. The molecular weight excluding hydrogens is 232 g/mol. The van der Waals surface area contributed by atoms with Gasteiger partial charge in [0, 0.05) is 4.88 Å². The Morgan fingerprint density at radius 2 is 2.40 bits per heavy atom. The van der Waals surface area contributed by atoms with E-state index >= 15 is 0 Å². The molecule has 0 bridgehead atoms. The minimum atomic E-state index is 0.211. The summed E-state index contributed by atoms with van der Waals surface area (Å²) in [6.45, 7) is 6.01. The summed E-state index contributed by atoms with van der Waals surface area (Å²) in [5.74, 6) is 0.522. The van der Waals surface area contributed by atoms with Crippen LogP contribution in [0.5, 0.6) is 5.88 Å². The number of halogens is 1. The van der Waals surface area contributed by atoms with Gasteiger partial charge in [0.2, 0.25) is 11.2 Å². The van der Waals surface area contributed by atoms with Crippen LogP contribution < -0.4 is 4.74 Å². The Morgan fingerprint density at radius 3 is 3.13 bits per heavy atom. The second-order valence-electron chi connectivity index (χ2n) is 2.97. The molecule has 78 valence electrons. The highest BCUT2D eigenvalue weighted by atomic mass is 35.5. The molecule has 0 saturated heterocycles. The monoisotopic (exact) mass is 240 g/mol. The number of aryl methyl sites for hydroxylation is 1.